The smallest absolute Gasteiger partial charge is 0.325 e. The summed E-state index contributed by atoms with van der Waals surface area (Å²) in [5.41, 5.74) is -0.0305. The molecule has 1 amide bonds. The van der Waals surface area contributed by atoms with E-state index >= 15 is 0 Å². The summed E-state index contributed by atoms with van der Waals surface area (Å²) >= 11 is 6.51. The van der Waals surface area contributed by atoms with E-state index in [1.165, 1.54) is 19.1 Å². The molecule has 0 aliphatic carbocycles. The molecule has 1 N–H and O–H groups in total. The summed E-state index contributed by atoms with van der Waals surface area (Å²) in [6, 6.07) is 9.91. The van der Waals surface area contributed by atoms with Gasteiger partial charge in [-0.25, -0.2) is 0 Å². The summed E-state index contributed by atoms with van der Waals surface area (Å²) < 4.78 is 38.5. The number of Topliss-reactive ketones (excluding diaryl/α,β-unsaturated/α-hetero) is 1. The van der Waals surface area contributed by atoms with Crippen LogP contribution in [0.3, 0.4) is 0 Å². The summed E-state index contributed by atoms with van der Waals surface area (Å²) in [7, 11) is 0. The van der Waals surface area contributed by atoms with Gasteiger partial charge in [0.05, 0.1) is 16.3 Å². The highest BCUT2D eigenvalue weighted by Gasteiger charge is 2.33. The number of anilines is 1. The van der Waals surface area contributed by atoms with E-state index in [2.05, 4.69) is 5.32 Å². The molecule has 0 atom stereocenters. The number of rotatable bonds is 5. The average molecular weight is 388 g/mol. The number of amides is 1. The lowest BCUT2D eigenvalue weighted by molar-refractivity contribution is -0.137. The highest BCUT2D eigenvalue weighted by molar-refractivity contribution is 8.00. The number of alkyl halides is 3. The van der Waals surface area contributed by atoms with Gasteiger partial charge in [0.2, 0.25) is 5.91 Å². The Morgan fingerprint density at radius 3 is 2.52 bits per heavy atom. The molecule has 3 nitrogen and oxygen atoms in total. The molecule has 2 aromatic rings. The van der Waals surface area contributed by atoms with Gasteiger partial charge in [-0.15, -0.1) is 11.8 Å². The van der Waals surface area contributed by atoms with Crippen molar-refractivity contribution in [1.29, 1.82) is 0 Å². The number of thioether (sulfide) groups is 1. The zero-order valence-electron chi connectivity index (χ0n) is 13.0. The maximum atomic E-state index is 12.8. The van der Waals surface area contributed by atoms with Crippen molar-refractivity contribution in [3.05, 3.63) is 58.6 Å². The van der Waals surface area contributed by atoms with Crippen LogP contribution in [0.15, 0.2) is 47.4 Å². The van der Waals surface area contributed by atoms with Crippen LogP contribution in [-0.4, -0.2) is 17.4 Å². The Kier molecular flexibility index (Phi) is 6.13. The molecule has 0 radical (unpaired) electrons. The normalized spacial score (nSPS) is 11.2. The first-order valence-electron chi connectivity index (χ1n) is 7.07. The first-order valence-corrected chi connectivity index (χ1v) is 8.43. The molecule has 0 fully saturated rings. The van der Waals surface area contributed by atoms with Crippen LogP contribution in [-0.2, 0) is 11.0 Å². The summed E-state index contributed by atoms with van der Waals surface area (Å²) in [4.78, 5) is 23.5. The average Bonchev–Trinajstić information content (AvgIpc) is 2.53. The van der Waals surface area contributed by atoms with Crippen LogP contribution >= 0.6 is 23.4 Å². The molecule has 0 spiro atoms. The van der Waals surface area contributed by atoms with Crippen LogP contribution in [0.1, 0.15) is 22.8 Å². The topological polar surface area (TPSA) is 46.2 Å². The van der Waals surface area contributed by atoms with Gasteiger partial charge in [0.1, 0.15) is 0 Å². The Morgan fingerprint density at radius 2 is 1.88 bits per heavy atom. The number of carbonyl (C=O) groups is 2. The van der Waals surface area contributed by atoms with Crippen LogP contribution in [0, 0.1) is 0 Å². The quantitative estimate of drug-likeness (QED) is 0.560. The fourth-order valence-electron chi connectivity index (χ4n) is 1.97. The van der Waals surface area contributed by atoms with Crippen molar-refractivity contribution in [3.8, 4) is 0 Å². The van der Waals surface area contributed by atoms with Gasteiger partial charge in [-0.05, 0) is 37.3 Å². The lowest BCUT2D eigenvalue weighted by atomic mass is 10.1. The van der Waals surface area contributed by atoms with Crippen LogP contribution in [0.2, 0.25) is 5.02 Å². The highest BCUT2D eigenvalue weighted by Crippen LogP contribution is 2.37. The maximum Gasteiger partial charge on any atom is 0.417 e. The number of nitrogens with one attached hydrogen (secondary N) is 1. The number of hydrogen-bond donors (Lipinski definition) is 1. The number of benzene rings is 2. The number of ketones is 1. The minimum Gasteiger partial charge on any atom is -0.325 e. The molecule has 0 saturated heterocycles. The van der Waals surface area contributed by atoms with Gasteiger partial charge in [0, 0.05) is 16.1 Å². The van der Waals surface area contributed by atoms with Crippen molar-refractivity contribution >= 4 is 40.7 Å². The number of hydrogen-bond acceptors (Lipinski definition) is 3. The lowest BCUT2D eigenvalue weighted by Gasteiger charge is -2.11. The van der Waals surface area contributed by atoms with Gasteiger partial charge in [-0.3, -0.25) is 9.59 Å². The Bertz CT molecular complexity index is 809. The Balaban J connectivity index is 2.01. The van der Waals surface area contributed by atoms with Gasteiger partial charge >= 0.3 is 6.18 Å². The zero-order chi connectivity index (χ0) is 18.6. The molecule has 0 aliphatic heterocycles. The molecule has 0 aromatic heterocycles. The van der Waals surface area contributed by atoms with Crippen molar-refractivity contribution < 1.29 is 22.8 Å². The second-order valence-corrected chi connectivity index (χ2v) is 6.57. The van der Waals surface area contributed by atoms with Gasteiger partial charge in [0.25, 0.3) is 0 Å². The summed E-state index contributed by atoms with van der Waals surface area (Å²) in [5, 5.41) is 2.22. The summed E-state index contributed by atoms with van der Waals surface area (Å²) in [5.74, 6) is -0.607. The van der Waals surface area contributed by atoms with Crippen molar-refractivity contribution in [2.24, 2.45) is 0 Å². The van der Waals surface area contributed by atoms with E-state index in [1.807, 2.05) is 0 Å². The Labute approximate surface area is 151 Å². The number of halogens is 4. The van der Waals surface area contributed by atoms with E-state index in [1.54, 1.807) is 18.2 Å². The van der Waals surface area contributed by atoms with Crippen LogP contribution in [0.25, 0.3) is 0 Å². The minimum atomic E-state index is -4.55. The third-order valence-corrected chi connectivity index (χ3v) is 4.49. The van der Waals surface area contributed by atoms with E-state index < -0.39 is 17.6 Å². The minimum absolute atomic E-state index is 0.0801. The third-order valence-electron chi connectivity index (χ3n) is 3.17. The summed E-state index contributed by atoms with van der Waals surface area (Å²) in [6.07, 6.45) is -4.55. The maximum absolute atomic E-state index is 12.8. The van der Waals surface area contributed by atoms with E-state index in [0.29, 0.717) is 11.3 Å². The van der Waals surface area contributed by atoms with Gasteiger partial charge in [0.15, 0.2) is 5.78 Å². The van der Waals surface area contributed by atoms with E-state index in [9.17, 15) is 22.8 Å². The molecule has 0 aliphatic rings. The Morgan fingerprint density at radius 1 is 1.16 bits per heavy atom. The standard InChI is InChI=1S/C17H13ClF3NO2S/c1-10(23)11-3-2-4-12(7-11)22-16(24)9-25-13-5-6-15(18)14(8-13)17(19,20)21/h2-8H,9H2,1H3,(H,22,24). The molecule has 0 saturated carbocycles. The molecule has 0 heterocycles. The molecule has 0 unspecified atom stereocenters. The molecular weight excluding hydrogens is 375 g/mol. The van der Waals surface area contributed by atoms with E-state index in [4.69, 9.17) is 11.6 Å². The second-order valence-electron chi connectivity index (χ2n) is 5.11. The van der Waals surface area contributed by atoms with Gasteiger partial charge in [-0.1, -0.05) is 23.7 Å². The fourth-order valence-corrected chi connectivity index (χ4v) is 2.93. The monoisotopic (exact) mass is 387 g/mol. The molecule has 2 aromatic carbocycles. The first-order chi connectivity index (χ1) is 11.7. The molecular formula is C17H13ClF3NO2S. The van der Waals surface area contributed by atoms with Crippen molar-refractivity contribution in [3.63, 3.8) is 0 Å². The molecule has 8 heteroatoms. The van der Waals surface area contributed by atoms with E-state index in [-0.39, 0.29) is 21.5 Å². The number of carbonyl (C=O) groups excluding carboxylic acids is 2. The predicted molar refractivity (Wildman–Crippen MR) is 92.3 cm³/mol. The molecule has 0 bridgehead atoms. The van der Waals surface area contributed by atoms with Crippen molar-refractivity contribution in [1.82, 2.24) is 0 Å². The summed E-state index contributed by atoms with van der Waals surface area (Å²) in [6.45, 7) is 1.41. The van der Waals surface area contributed by atoms with Gasteiger partial charge in [-0.2, -0.15) is 13.2 Å². The highest BCUT2D eigenvalue weighted by atomic mass is 35.5. The van der Waals surface area contributed by atoms with E-state index in [0.717, 1.165) is 23.9 Å². The lowest BCUT2D eigenvalue weighted by Crippen LogP contribution is -2.14. The van der Waals surface area contributed by atoms with Crippen LogP contribution in [0.4, 0.5) is 18.9 Å². The second kappa shape index (κ2) is 7.93. The Hall–Kier alpha value is -1.99. The predicted octanol–water partition coefficient (Wildman–Crippen LogP) is 5.29. The van der Waals surface area contributed by atoms with Crippen molar-refractivity contribution in [2.75, 3.05) is 11.1 Å². The third kappa shape index (κ3) is 5.51. The van der Waals surface area contributed by atoms with Crippen LogP contribution in [0.5, 0.6) is 0 Å². The molecule has 2 rings (SSSR count). The fraction of sp³-hybridized carbons (Fsp3) is 0.176. The SMILES string of the molecule is CC(=O)c1cccc(NC(=O)CSc2ccc(Cl)c(C(F)(F)F)c2)c1. The van der Waals surface area contributed by atoms with Crippen molar-refractivity contribution in [2.45, 2.75) is 18.0 Å². The van der Waals surface area contributed by atoms with Crippen LogP contribution < -0.4 is 5.32 Å². The molecule has 25 heavy (non-hydrogen) atoms. The zero-order valence-corrected chi connectivity index (χ0v) is 14.6. The largest absolute Gasteiger partial charge is 0.417 e. The van der Waals surface area contributed by atoms with Gasteiger partial charge < -0.3 is 5.32 Å². The first kappa shape index (κ1) is 19.3. The molecule has 132 valence electrons.